The minimum Gasteiger partial charge on any atom is -0.466 e. The number of aliphatic hydroxyl groups is 1. The number of ether oxygens (including phenoxy) is 1. The Hall–Kier alpha value is -0.610. The van der Waals surface area contributed by atoms with Crippen molar-refractivity contribution in [1.82, 2.24) is 4.90 Å². The lowest BCUT2D eigenvalue weighted by Crippen LogP contribution is -2.36. The van der Waals surface area contributed by atoms with Gasteiger partial charge in [-0.05, 0) is 19.4 Å². The van der Waals surface area contributed by atoms with Crippen LogP contribution < -0.4 is 0 Å². The summed E-state index contributed by atoms with van der Waals surface area (Å²) in [5, 5.41) is 9.67. The van der Waals surface area contributed by atoms with E-state index in [2.05, 4.69) is 20.8 Å². The molecule has 0 aromatic heterocycles. The zero-order chi connectivity index (χ0) is 12.8. The first-order valence-corrected chi connectivity index (χ1v) is 5.77. The molecule has 4 nitrogen and oxygen atoms in total. The van der Waals surface area contributed by atoms with E-state index in [1.165, 1.54) is 0 Å². The predicted molar refractivity (Wildman–Crippen MR) is 64.2 cm³/mol. The molecule has 1 N–H and O–H groups in total. The Bertz CT molecular complexity index is 211. The number of rotatable bonds is 6. The number of hydrogen-bond donors (Lipinski definition) is 1. The molecule has 0 saturated carbocycles. The lowest BCUT2D eigenvalue weighted by molar-refractivity contribution is -0.145. The average Bonchev–Trinajstić information content (AvgIpc) is 1.98. The number of hydrogen-bond acceptors (Lipinski definition) is 4. The van der Waals surface area contributed by atoms with Gasteiger partial charge in [-0.2, -0.15) is 0 Å². The van der Waals surface area contributed by atoms with Gasteiger partial charge in [-0.15, -0.1) is 0 Å². The molecular weight excluding hydrogens is 206 g/mol. The molecular formula is C12H25NO3. The van der Waals surface area contributed by atoms with Crippen molar-refractivity contribution in [2.75, 3.05) is 26.7 Å². The van der Waals surface area contributed by atoms with Gasteiger partial charge < -0.3 is 14.7 Å². The molecule has 0 aromatic rings. The van der Waals surface area contributed by atoms with E-state index in [1.807, 2.05) is 11.9 Å². The van der Waals surface area contributed by atoms with Crippen LogP contribution in [0.4, 0.5) is 0 Å². The third kappa shape index (κ3) is 8.68. The first-order chi connectivity index (χ1) is 7.24. The van der Waals surface area contributed by atoms with Gasteiger partial charge in [-0.1, -0.05) is 20.8 Å². The van der Waals surface area contributed by atoms with E-state index < -0.39 is 6.10 Å². The number of likely N-dealkylation sites (N-methyl/N-ethyl adjacent to an activating group) is 1. The van der Waals surface area contributed by atoms with Crippen molar-refractivity contribution in [2.45, 2.75) is 40.2 Å². The maximum Gasteiger partial charge on any atom is 0.308 e. The lowest BCUT2D eigenvalue weighted by Gasteiger charge is -2.27. The molecule has 96 valence electrons. The van der Waals surface area contributed by atoms with Gasteiger partial charge in [0.1, 0.15) is 0 Å². The fourth-order valence-electron chi connectivity index (χ4n) is 1.71. The Balaban J connectivity index is 3.86. The van der Waals surface area contributed by atoms with E-state index in [1.54, 1.807) is 6.92 Å². The second-order valence-electron chi connectivity index (χ2n) is 5.42. The normalized spacial score (nSPS) is 13.9. The molecule has 0 aliphatic rings. The molecule has 16 heavy (non-hydrogen) atoms. The van der Waals surface area contributed by atoms with Crippen LogP contribution in [0.5, 0.6) is 0 Å². The van der Waals surface area contributed by atoms with E-state index in [0.717, 1.165) is 6.54 Å². The zero-order valence-electron chi connectivity index (χ0n) is 11.1. The molecule has 0 amide bonds. The summed E-state index contributed by atoms with van der Waals surface area (Å²) in [6, 6.07) is 0. The average molecular weight is 231 g/mol. The number of carbonyl (C=O) groups is 1. The van der Waals surface area contributed by atoms with Crippen LogP contribution in [-0.2, 0) is 9.53 Å². The molecule has 4 heteroatoms. The summed E-state index contributed by atoms with van der Waals surface area (Å²) in [6.07, 6.45) is -0.575. The number of carbonyl (C=O) groups excluding carboxylic acids is 1. The highest BCUT2D eigenvalue weighted by atomic mass is 16.5. The highest BCUT2D eigenvalue weighted by Crippen LogP contribution is 2.14. The fraction of sp³-hybridized carbons (Fsp3) is 0.917. The van der Waals surface area contributed by atoms with Crippen molar-refractivity contribution in [3.05, 3.63) is 0 Å². The summed E-state index contributed by atoms with van der Waals surface area (Å²) >= 11 is 0. The van der Waals surface area contributed by atoms with Crippen molar-refractivity contribution in [3.8, 4) is 0 Å². The first kappa shape index (κ1) is 15.4. The molecule has 0 aromatic carbocycles. The van der Waals surface area contributed by atoms with Crippen LogP contribution in [0.1, 0.15) is 34.1 Å². The molecule has 0 aliphatic carbocycles. The molecule has 0 rings (SSSR count). The Labute approximate surface area is 98.6 Å². The predicted octanol–water partition coefficient (Wildman–Crippen LogP) is 1.28. The largest absolute Gasteiger partial charge is 0.466 e. The maximum absolute atomic E-state index is 11.1. The van der Waals surface area contributed by atoms with Gasteiger partial charge in [0.2, 0.25) is 0 Å². The summed E-state index contributed by atoms with van der Waals surface area (Å²) in [5.74, 6) is -0.334. The SMILES string of the molecule is CCOC(=O)CC(O)CN(C)CC(C)(C)C. The van der Waals surface area contributed by atoms with Crippen molar-refractivity contribution in [3.63, 3.8) is 0 Å². The zero-order valence-corrected chi connectivity index (χ0v) is 11.1. The minimum atomic E-state index is -0.647. The van der Waals surface area contributed by atoms with E-state index >= 15 is 0 Å². The molecule has 1 unspecified atom stereocenters. The second-order valence-corrected chi connectivity index (χ2v) is 5.42. The Kier molecular flexibility index (Phi) is 6.60. The molecule has 0 aliphatic heterocycles. The van der Waals surface area contributed by atoms with Crippen LogP contribution in [0.15, 0.2) is 0 Å². The molecule has 0 bridgehead atoms. The van der Waals surface area contributed by atoms with Crippen LogP contribution in [0.25, 0.3) is 0 Å². The third-order valence-corrected chi connectivity index (χ3v) is 1.97. The number of nitrogens with zero attached hydrogens (tertiary/aromatic N) is 1. The van der Waals surface area contributed by atoms with Crippen LogP contribution in [0.2, 0.25) is 0 Å². The van der Waals surface area contributed by atoms with Crippen molar-refractivity contribution in [1.29, 1.82) is 0 Å². The highest BCUT2D eigenvalue weighted by molar-refractivity contribution is 5.69. The monoisotopic (exact) mass is 231 g/mol. The smallest absolute Gasteiger partial charge is 0.308 e. The fourth-order valence-corrected chi connectivity index (χ4v) is 1.71. The molecule has 0 heterocycles. The van der Waals surface area contributed by atoms with E-state index in [9.17, 15) is 9.90 Å². The quantitative estimate of drug-likeness (QED) is 0.700. The molecule has 0 fully saturated rings. The number of esters is 1. The first-order valence-electron chi connectivity index (χ1n) is 5.77. The van der Waals surface area contributed by atoms with Gasteiger partial charge in [0.15, 0.2) is 0 Å². The summed E-state index contributed by atoms with van der Waals surface area (Å²) in [5.41, 5.74) is 0.193. The van der Waals surface area contributed by atoms with Crippen molar-refractivity contribution < 1.29 is 14.6 Å². The highest BCUT2D eigenvalue weighted by Gasteiger charge is 2.18. The van der Waals surface area contributed by atoms with Crippen LogP contribution in [0, 0.1) is 5.41 Å². The summed E-state index contributed by atoms with van der Waals surface area (Å²) < 4.78 is 4.78. The Morgan fingerprint density at radius 1 is 1.44 bits per heavy atom. The molecule has 0 spiro atoms. The summed E-state index contributed by atoms with van der Waals surface area (Å²) in [4.78, 5) is 13.2. The standard InChI is InChI=1S/C12H25NO3/c1-6-16-11(15)7-10(14)8-13(5)9-12(2,3)4/h10,14H,6-9H2,1-5H3. The Morgan fingerprint density at radius 3 is 2.44 bits per heavy atom. The minimum absolute atomic E-state index is 0.0717. The molecule has 0 saturated heterocycles. The van der Waals surface area contributed by atoms with Gasteiger partial charge in [0, 0.05) is 13.1 Å². The molecule has 1 atom stereocenters. The second kappa shape index (κ2) is 6.86. The van der Waals surface area contributed by atoms with Gasteiger partial charge in [0.25, 0.3) is 0 Å². The van der Waals surface area contributed by atoms with Gasteiger partial charge in [-0.25, -0.2) is 0 Å². The van der Waals surface area contributed by atoms with Gasteiger partial charge >= 0.3 is 5.97 Å². The molecule has 0 radical (unpaired) electrons. The van der Waals surface area contributed by atoms with Crippen LogP contribution in [0.3, 0.4) is 0 Å². The van der Waals surface area contributed by atoms with E-state index in [0.29, 0.717) is 13.2 Å². The lowest BCUT2D eigenvalue weighted by atomic mass is 9.96. The topological polar surface area (TPSA) is 49.8 Å². The van der Waals surface area contributed by atoms with Crippen LogP contribution in [-0.4, -0.2) is 48.8 Å². The van der Waals surface area contributed by atoms with E-state index in [-0.39, 0.29) is 17.8 Å². The van der Waals surface area contributed by atoms with Gasteiger partial charge in [0.05, 0.1) is 19.1 Å². The number of aliphatic hydroxyl groups excluding tert-OH is 1. The van der Waals surface area contributed by atoms with Crippen molar-refractivity contribution in [2.24, 2.45) is 5.41 Å². The Morgan fingerprint density at radius 2 is 2.00 bits per heavy atom. The van der Waals surface area contributed by atoms with Crippen LogP contribution >= 0.6 is 0 Å². The van der Waals surface area contributed by atoms with E-state index in [4.69, 9.17) is 4.74 Å². The third-order valence-electron chi connectivity index (χ3n) is 1.97. The summed E-state index contributed by atoms with van der Waals surface area (Å²) in [7, 11) is 1.94. The van der Waals surface area contributed by atoms with Gasteiger partial charge in [-0.3, -0.25) is 4.79 Å². The maximum atomic E-state index is 11.1. The summed E-state index contributed by atoms with van der Waals surface area (Å²) in [6.45, 7) is 9.92. The van der Waals surface area contributed by atoms with Crippen molar-refractivity contribution >= 4 is 5.97 Å².